The maximum absolute atomic E-state index is 12.0. The van der Waals surface area contributed by atoms with E-state index in [4.69, 9.17) is 4.74 Å². The molecule has 0 aromatic rings. The van der Waals surface area contributed by atoms with Gasteiger partial charge in [-0.1, -0.05) is 0 Å². The molecule has 2 atom stereocenters. The van der Waals surface area contributed by atoms with Crippen molar-refractivity contribution in [1.29, 1.82) is 0 Å². The fourth-order valence-corrected chi connectivity index (χ4v) is 2.24. The van der Waals surface area contributed by atoms with Crippen LogP contribution in [0.15, 0.2) is 0 Å². The Bertz CT molecular complexity index is 231. The van der Waals surface area contributed by atoms with Gasteiger partial charge in [0.05, 0.1) is 18.1 Å². The molecule has 1 amide bonds. The summed E-state index contributed by atoms with van der Waals surface area (Å²) in [5.74, 6) is 0.339. The second-order valence-electron chi connectivity index (χ2n) is 4.90. The third kappa shape index (κ3) is 2.69. The van der Waals surface area contributed by atoms with Crippen LogP contribution in [0.5, 0.6) is 0 Å². The van der Waals surface area contributed by atoms with Gasteiger partial charge in [0.15, 0.2) is 0 Å². The van der Waals surface area contributed by atoms with Gasteiger partial charge in [-0.05, 0) is 32.7 Å². The lowest BCUT2D eigenvalue weighted by Gasteiger charge is -2.28. The van der Waals surface area contributed by atoms with E-state index in [1.54, 1.807) is 0 Å². The van der Waals surface area contributed by atoms with Crippen LogP contribution in [0.25, 0.3) is 0 Å². The normalized spacial score (nSPS) is 36.5. The van der Waals surface area contributed by atoms with Crippen LogP contribution in [0, 0.1) is 5.92 Å². The number of rotatable bonds is 2. The van der Waals surface area contributed by atoms with Crippen molar-refractivity contribution in [3.05, 3.63) is 0 Å². The van der Waals surface area contributed by atoms with Crippen LogP contribution in [0.3, 0.4) is 0 Å². The van der Waals surface area contributed by atoms with E-state index < -0.39 is 0 Å². The molecule has 4 heteroatoms. The number of nitrogens with one attached hydrogen (secondary N) is 2. The molecule has 15 heavy (non-hydrogen) atoms. The molecule has 0 aliphatic carbocycles. The molecule has 0 aromatic heterocycles. The van der Waals surface area contributed by atoms with E-state index in [0.717, 1.165) is 39.0 Å². The number of piperidine rings is 1. The molecule has 2 fully saturated rings. The summed E-state index contributed by atoms with van der Waals surface area (Å²) in [6.45, 7) is 5.35. The third-order valence-corrected chi connectivity index (χ3v) is 3.31. The minimum Gasteiger partial charge on any atom is -0.379 e. The Balaban J connectivity index is 1.85. The lowest BCUT2D eigenvalue weighted by molar-refractivity contribution is -0.127. The lowest BCUT2D eigenvalue weighted by atomic mass is 9.95. The first-order valence-corrected chi connectivity index (χ1v) is 5.80. The van der Waals surface area contributed by atoms with Crippen molar-refractivity contribution >= 4 is 5.91 Å². The Hall–Kier alpha value is -0.610. The van der Waals surface area contributed by atoms with E-state index >= 15 is 0 Å². The van der Waals surface area contributed by atoms with Gasteiger partial charge in [-0.15, -0.1) is 0 Å². The number of carbonyl (C=O) groups is 1. The maximum Gasteiger partial charge on any atom is 0.224 e. The molecule has 2 aliphatic heterocycles. The Kier molecular flexibility index (Phi) is 3.26. The average Bonchev–Trinajstić information content (AvgIpc) is 2.66. The number of ether oxygens (including phenoxy) is 1. The van der Waals surface area contributed by atoms with Crippen LogP contribution in [-0.2, 0) is 9.53 Å². The fourth-order valence-electron chi connectivity index (χ4n) is 2.24. The largest absolute Gasteiger partial charge is 0.379 e. The number of amides is 1. The molecule has 0 radical (unpaired) electrons. The first-order chi connectivity index (χ1) is 7.20. The van der Waals surface area contributed by atoms with E-state index in [9.17, 15) is 4.79 Å². The van der Waals surface area contributed by atoms with Crippen LogP contribution in [0.2, 0.25) is 0 Å². The minimum absolute atomic E-state index is 0.130. The molecular weight excluding hydrogens is 192 g/mol. The van der Waals surface area contributed by atoms with Crippen molar-refractivity contribution in [3.63, 3.8) is 0 Å². The number of carbonyl (C=O) groups excluding carboxylic acids is 1. The van der Waals surface area contributed by atoms with Gasteiger partial charge in [-0.2, -0.15) is 0 Å². The highest BCUT2D eigenvalue weighted by molar-refractivity contribution is 5.79. The zero-order valence-electron chi connectivity index (χ0n) is 9.34. The Morgan fingerprint density at radius 1 is 1.60 bits per heavy atom. The zero-order chi connectivity index (χ0) is 10.7. The molecule has 2 rings (SSSR count). The van der Waals surface area contributed by atoms with E-state index in [1.165, 1.54) is 0 Å². The summed E-state index contributed by atoms with van der Waals surface area (Å²) in [7, 11) is 0. The van der Waals surface area contributed by atoms with Gasteiger partial charge in [0.25, 0.3) is 0 Å². The summed E-state index contributed by atoms with van der Waals surface area (Å²) >= 11 is 0. The summed E-state index contributed by atoms with van der Waals surface area (Å²) in [5, 5.41) is 6.38. The van der Waals surface area contributed by atoms with Gasteiger partial charge in [0.1, 0.15) is 0 Å². The Morgan fingerprint density at radius 2 is 2.47 bits per heavy atom. The van der Waals surface area contributed by atoms with Gasteiger partial charge in [-0.3, -0.25) is 4.79 Å². The van der Waals surface area contributed by atoms with E-state index in [0.29, 0.717) is 6.61 Å². The SMILES string of the molecule is CC1(NC(=O)[C@H]2CCCNC2)CCOC1. The second kappa shape index (κ2) is 4.49. The molecule has 86 valence electrons. The van der Waals surface area contributed by atoms with E-state index in [2.05, 4.69) is 17.6 Å². The van der Waals surface area contributed by atoms with Crippen LogP contribution in [-0.4, -0.2) is 37.7 Å². The van der Waals surface area contributed by atoms with Crippen LogP contribution in [0.1, 0.15) is 26.2 Å². The number of hydrogen-bond acceptors (Lipinski definition) is 3. The summed E-state index contributed by atoms with van der Waals surface area (Å²) < 4.78 is 5.32. The monoisotopic (exact) mass is 212 g/mol. The quantitative estimate of drug-likeness (QED) is 0.691. The maximum atomic E-state index is 12.0. The first kappa shape index (κ1) is 10.9. The Labute approximate surface area is 90.8 Å². The van der Waals surface area contributed by atoms with Crippen molar-refractivity contribution < 1.29 is 9.53 Å². The average molecular weight is 212 g/mol. The smallest absolute Gasteiger partial charge is 0.224 e. The topological polar surface area (TPSA) is 50.4 Å². The van der Waals surface area contributed by atoms with Crippen molar-refractivity contribution in [2.75, 3.05) is 26.3 Å². The predicted molar refractivity (Wildman–Crippen MR) is 57.6 cm³/mol. The molecular formula is C11H20N2O2. The molecule has 2 saturated heterocycles. The zero-order valence-corrected chi connectivity index (χ0v) is 9.34. The Morgan fingerprint density at radius 3 is 3.07 bits per heavy atom. The number of hydrogen-bond donors (Lipinski definition) is 2. The van der Waals surface area contributed by atoms with Crippen molar-refractivity contribution in [2.24, 2.45) is 5.92 Å². The molecule has 2 aliphatic rings. The minimum atomic E-state index is -0.130. The summed E-state index contributed by atoms with van der Waals surface area (Å²) in [5.41, 5.74) is -0.130. The van der Waals surface area contributed by atoms with Crippen LogP contribution >= 0.6 is 0 Å². The highest BCUT2D eigenvalue weighted by atomic mass is 16.5. The molecule has 1 unspecified atom stereocenters. The molecule has 2 N–H and O–H groups in total. The highest BCUT2D eigenvalue weighted by Gasteiger charge is 2.33. The van der Waals surface area contributed by atoms with Gasteiger partial charge in [-0.25, -0.2) is 0 Å². The van der Waals surface area contributed by atoms with E-state index in [1.807, 2.05) is 0 Å². The third-order valence-electron chi connectivity index (χ3n) is 3.31. The van der Waals surface area contributed by atoms with Gasteiger partial charge in [0, 0.05) is 13.2 Å². The van der Waals surface area contributed by atoms with Crippen LogP contribution in [0.4, 0.5) is 0 Å². The van der Waals surface area contributed by atoms with Gasteiger partial charge >= 0.3 is 0 Å². The van der Waals surface area contributed by atoms with Crippen molar-refractivity contribution in [2.45, 2.75) is 31.7 Å². The molecule has 0 aromatic carbocycles. The second-order valence-corrected chi connectivity index (χ2v) is 4.90. The first-order valence-electron chi connectivity index (χ1n) is 5.80. The predicted octanol–water partition coefficient (Wildman–Crippen LogP) is 0.281. The standard InChI is InChI=1S/C11H20N2O2/c1-11(4-6-15-8-11)13-10(14)9-3-2-5-12-7-9/h9,12H,2-8H2,1H3,(H,13,14)/t9-,11?/m0/s1. The van der Waals surface area contributed by atoms with Gasteiger partial charge < -0.3 is 15.4 Å². The van der Waals surface area contributed by atoms with Crippen molar-refractivity contribution in [3.8, 4) is 0 Å². The molecule has 4 nitrogen and oxygen atoms in total. The van der Waals surface area contributed by atoms with Crippen LogP contribution < -0.4 is 10.6 Å². The molecule has 0 saturated carbocycles. The van der Waals surface area contributed by atoms with Gasteiger partial charge in [0.2, 0.25) is 5.91 Å². The highest BCUT2D eigenvalue weighted by Crippen LogP contribution is 2.19. The summed E-state index contributed by atoms with van der Waals surface area (Å²) in [6, 6.07) is 0. The molecule has 0 bridgehead atoms. The lowest BCUT2D eigenvalue weighted by Crippen LogP contribution is -2.51. The van der Waals surface area contributed by atoms with Crippen molar-refractivity contribution in [1.82, 2.24) is 10.6 Å². The fraction of sp³-hybridized carbons (Fsp3) is 0.909. The molecule has 2 heterocycles. The molecule has 0 spiro atoms. The summed E-state index contributed by atoms with van der Waals surface area (Å²) in [6.07, 6.45) is 3.04. The van der Waals surface area contributed by atoms with E-state index in [-0.39, 0.29) is 17.4 Å². The summed E-state index contributed by atoms with van der Waals surface area (Å²) in [4.78, 5) is 12.0.